The molecule has 34 heavy (non-hydrogen) atoms. The summed E-state index contributed by atoms with van der Waals surface area (Å²) in [4.78, 5) is 37.1. The minimum atomic E-state index is -0.0293. The van der Waals surface area contributed by atoms with Gasteiger partial charge in [-0.1, -0.05) is 23.8 Å². The summed E-state index contributed by atoms with van der Waals surface area (Å²) in [6.07, 6.45) is 1.69. The van der Waals surface area contributed by atoms with Gasteiger partial charge in [0, 0.05) is 47.2 Å². The first-order valence-corrected chi connectivity index (χ1v) is 11.9. The number of ketones is 1. The molecule has 0 aliphatic carbocycles. The van der Waals surface area contributed by atoms with E-state index in [4.69, 9.17) is 0 Å². The lowest BCUT2D eigenvalue weighted by Gasteiger charge is -2.31. The number of carbonyl (C=O) groups excluding carboxylic acids is 2. The number of hydrogen-bond acceptors (Lipinski definition) is 5. The normalized spacial score (nSPS) is 14.5. The van der Waals surface area contributed by atoms with Gasteiger partial charge in [0.1, 0.15) is 0 Å². The Balaban J connectivity index is 1.42. The van der Waals surface area contributed by atoms with E-state index < -0.39 is 0 Å². The van der Waals surface area contributed by atoms with Crippen LogP contribution in [0, 0.1) is 47.5 Å². The molecule has 1 aromatic carbocycles. The Labute approximate surface area is 201 Å². The largest absolute Gasteiger partial charge is 0.342 e. The van der Waals surface area contributed by atoms with Crippen LogP contribution in [0.3, 0.4) is 0 Å². The van der Waals surface area contributed by atoms with Crippen molar-refractivity contribution >= 4 is 11.7 Å². The number of carbonyl (C=O) groups is 2. The summed E-state index contributed by atoms with van der Waals surface area (Å²) in [7, 11) is 0. The highest BCUT2D eigenvalue weighted by molar-refractivity contribution is 5.99. The fraction of sp³-hybridized carbons (Fsp3) is 0.444. The molecule has 0 spiro atoms. The Morgan fingerprint density at radius 1 is 0.941 bits per heavy atom. The van der Waals surface area contributed by atoms with Crippen molar-refractivity contribution in [3.05, 3.63) is 69.3 Å². The van der Waals surface area contributed by atoms with Crippen LogP contribution in [0.5, 0.6) is 0 Å². The number of aromatic nitrogens is 4. The SMILES string of the molecule is Cc1ccc(C(=O)C2CCN(C(=O)Cc3c(C)nn(-c4nc(C)cc(C)n4)c3C)CC2)c(C)c1. The van der Waals surface area contributed by atoms with Gasteiger partial charge in [0.25, 0.3) is 5.95 Å². The van der Waals surface area contributed by atoms with Gasteiger partial charge in [0.15, 0.2) is 5.78 Å². The Kier molecular flexibility index (Phi) is 6.64. The predicted octanol–water partition coefficient (Wildman–Crippen LogP) is 4.18. The second-order valence-corrected chi connectivity index (χ2v) is 9.53. The van der Waals surface area contributed by atoms with Crippen LogP contribution in [0.1, 0.15) is 62.7 Å². The van der Waals surface area contributed by atoms with Crippen LogP contribution in [-0.2, 0) is 11.2 Å². The molecule has 1 aliphatic rings. The highest BCUT2D eigenvalue weighted by Crippen LogP contribution is 2.25. The lowest BCUT2D eigenvalue weighted by molar-refractivity contribution is -0.131. The van der Waals surface area contributed by atoms with Crippen molar-refractivity contribution in [2.24, 2.45) is 5.92 Å². The van der Waals surface area contributed by atoms with Gasteiger partial charge in [-0.25, -0.2) is 14.6 Å². The van der Waals surface area contributed by atoms with Crippen molar-refractivity contribution in [2.45, 2.75) is 60.8 Å². The van der Waals surface area contributed by atoms with E-state index in [0.29, 0.717) is 31.9 Å². The van der Waals surface area contributed by atoms with Crippen molar-refractivity contribution in [2.75, 3.05) is 13.1 Å². The van der Waals surface area contributed by atoms with Crippen LogP contribution in [0.25, 0.3) is 5.95 Å². The summed E-state index contributed by atoms with van der Waals surface area (Å²) in [6.45, 7) is 13.0. The molecule has 1 fully saturated rings. The second kappa shape index (κ2) is 9.49. The van der Waals surface area contributed by atoms with Gasteiger partial charge in [-0.2, -0.15) is 5.10 Å². The summed E-state index contributed by atoms with van der Waals surface area (Å²) in [5.74, 6) is 0.774. The minimum Gasteiger partial charge on any atom is -0.342 e. The average molecular weight is 460 g/mol. The Hall–Kier alpha value is -3.35. The van der Waals surface area contributed by atoms with E-state index in [2.05, 4.69) is 21.1 Å². The molecule has 178 valence electrons. The number of Topliss-reactive ketones (excluding diaryl/α,β-unsaturated/α-hetero) is 1. The summed E-state index contributed by atoms with van der Waals surface area (Å²) < 4.78 is 1.73. The fourth-order valence-corrected chi connectivity index (χ4v) is 4.89. The number of benzene rings is 1. The first-order valence-electron chi connectivity index (χ1n) is 11.9. The molecule has 7 heteroatoms. The molecule has 3 heterocycles. The van der Waals surface area contributed by atoms with Gasteiger partial charge in [-0.15, -0.1) is 0 Å². The third-order valence-corrected chi connectivity index (χ3v) is 6.79. The molecule has 3 aromatic rings. The zero-order chi connectivity index (χ0) is 24.6. The molecule has 0 atom stereocenters. The van der Waals surface area contributed by atoms with Crippen molar-refractivity contribution in [3.8, 4) is 5.95 Å². The van der Waals surface area contributed by atoms with Gasteiger partial charge in [0.05, 0.1) is 12.1 Å². The zero-order valence-corrected chi connectivity index (χ0v) is 21.0. The topological polar surface area (TPSA) is 81.0 Å². The van der Waals surface area contributed by atoms with Gasteiger partial charge in [0.2, 0.25) is 5.91 Å². The van der Waals surface area contributed by atoms with E-state index in [9.17, 15) is 9.59 Å². The third kappa shape index (κ3) is 4.79. The fourth-order valence-electron chi connectivity index (χ4n) is 4.89. The molecule has 0 unspecified atom stereocenters. The number of aryl methyl sites for hydroxylation is 5. The summed E-state index contributed by atoms with van der Waals surface area (Å²) >= 11 is 0. The highest BCUT2D eigenvalue weighted by atomic mass is 16.2. The average Bonchev–Trinajstić information content (AvgIpc) is 3.06. The van der Waals surface area contributed by atoms with Gasteiger partial charge in [-0.05, 0) is 66.0 Å². The van der Waals surface area contributed by atoms with Crippen molar-refractivity contribution in [1.82, 2.24) is 24.6 Å². The molecule has 0 N–H and O–H groups in total. The van der Waals surface area contributed by atoms with Crippen LogP contribution in [-0.4, -0.2) is 49.4 Å². The predicted molar refractivity (Wildman–Crippen MR) is 131 cm³/mol. The lowest BCUT2D eigenvalue weighted by Crippen LogP contribution is -2.41. The second-order valence-electron chi connectivity index (χ2n) is 9.53. The Morgan fingerprint density at radius 3 is 2.21 bits per heavy atom. The molecule has 1 aliphatic heterocycles. The van der Waals surface area contributed by atoms with Crippen LogP contribution in [0.15, 0.2) is 24.3 Å². The van der Waals surface area contributed by atoms with Gasteiger partial charge < -0.3 is 4.90 Å². The summed E-state index contributed by atoms with van der Waals surface area (Å²) in [6, 6.07) is 7.91. The number of likely N-dealkylation sites (tertiary alicyclic amines) is 1. The number of piperidine rings is 1. The van der Waals surface area contributed by atoms with Crippen LogP contribution < -0.4 is 0 Å². The van der Waals surface area contributed by atoms with E-state index in [0.717, 1.165) is 45.0 Å². The number of hydrogen-bond donors (Lipinski definition) is 0. The molecular formula is C27H33N5O2. The lowest BCUT2D eigenvalue weighted by atomic mass is 9.87. The molecule has 7 nitrogen and oxygen atoms in total. The maximum atomic E-state index is 13.1. The first kappa shape index (κ1) is 23.8. The zero-order valence-electron chi connectivity index (χ0n) is 21.0. The maximum Gasteiger partial charge on any atom is 0.251 e. The summed E-state index contributed by atoms with van der Waals surface area (Å²) in [5.41, 5.74) is 7.37. The van der Waals surface area contributed by atoms with E-state index in [1.807, 2.05) is 64.6 Å². The van der Waals surface area contributed by atoms with Gasteiger partial charge in [-0.3, -0.25) is 9.59 Å². The third-order valence-electron chi connectivity index (χ3n) is 6.79. The van der Waals surface area contributed by atoms with Crippen LogP contribution >= 0.6 is 0 Å². The summed E-state index contributed by atoms with van der Waals surface area (Å²) in [5, 5.41) is 4.62. The standard InChI is InChI=1S/C27H33N5O2/c1-16-7-8-23(17(2)13-16)26(34)22-9-11-31(12-10-22)25(33)15-24-20(5)30-32(21(24)6)27-28-18(3)14-19(4)29-27/h7-8,13-14,22H,9-12,15H2,1-6H3. The van der Waals surface area contributed by atoms with E-state index in [1.54, 1.807) is 4.68 Å². The maximum absolute atomic E-state index is 13.1. The van der Waals surface area contributed by atoms with E-state index in [-0.39, 0.29) is 24.0 Å². The minimum absolute atomic E-state index is 0.0293. The van der Waals surface area contributed by atoms with Crippen molar-refractivity contribution < 1.29 is 9.59 Å². The monoisotopic (exact) mass is 459 g/mol. The highest BCUT2D eigenvalue weighted by Gasteiger charge is 2.29. The number of nitrogens with zero attached hydrogens (tertiary/aromatic N) is 5. The van der Waals surface area contributed by atoms with Crippen molar-refractivity contribution in [3.63, 3.8) is 0 Å². The number of amides is 1. The molecule has 1 amide bonds. The number of rotatable bonds is 5. The Bertz CT molecular complexity index is 1230. The van der Waals surface area contributed by atoms with Crippen molar-refractivity contribution in [1.29, 1.82) is 0 Å². The van der Waals surface area contributed by atoms with Crippen LogP contribution in [0.2, 0.25) is 0 Å². The van der Waals surface area contributed by atoms with E-state index >= 15 is 0 Å². The molecule has 0 bridgehead atoms. The molecular weight excluding hydrogens is 426 g/mol. The molecule has 4 rings (SSSR count). The quantitative estimate of drug-likeness (QED) is 0.535. The molecule has 1 saturated heterocycles. The molecule has 0 saturated carbocycles. The Morgan fingerprint density at radius 2 is 1.59 bits per heavy atom. The van der Waals surface area contributed by atoms with E-state index in [1.165, 1.54) is 0 Å². The molecule has 2 aromatic heterocycles. The first-order chi connectivity index (χ1) is 16.1. The smallest absolute Gasteiger partial charge is 0.251 e. The molecule has 0 radical (unpaired) electrons. The van der Waals surface area contributed by atoms with Crippen LogP contribution in [0.4, 0.5) is 0 Å². The van der Waals surface area contributed by atoms with Gasteiger partial charge >= 0.3 is 0 Å².